The van der Waals surface area contributed by atoms with E-state index in [4.69, 9.17) is 0 Å². The molecule has 0 radical (unpaired) electrons. The molecule has 1 heteroatoms. The summed E-state index contributed by atoms with van der Waals surface area (Å²) >= 11 is 0. The van der Waals surface area contributed by atoms with Crippen LogP contribution in [-0.4, -0.2) is 10.7 Å². The maximum absolute atomic E-state index is 10.9. The van der Waals surface area contributed by atoms with Crippen molar-refractivity contribution in [2.24, 2.45) is 22.2 Å². The van der Waals surface area contributed by atoms with Crippen molar-refractivity contribution in [3.05, 3.63) is 0 Å². The summed E-state index contributed by atoms with van der Waals surface area (Å²) in [5, 5.41) is 10.9. The molecule has 3 saturated carbocycles. The number of hydrogen-bond donors (Lipinski definition) is 1. The molecule has 0 aliphatic heterocycles. The average molecular weight is 222 g/mol. The Balaban J connectivity index is 2.08. The highest BCUT2D eigenvalue weighted by Crippen LogP contribution is 2.79. The molecular weight excluding hydrogens is 196 g/mol. The molecule has 0 aromatic heterocycles. The van der Waals surface area contributed by atoms with Crippen molar-refractivity contribution in [3.8, 4) is 0 Å². The molecule has 3 fully saturated rings. The van der Waals surface area contributed by atoms with Crippen molar-refractivity contribution in [2.45, 2.75) is 71.8 Å². The van der Waals surface area contributed by atoms with Crippen LogP contribution in [0.15, 0.2) is 0 Å². The van der Waals surface area contributed by atoms with Gasteiger partial charge in [-0.1, -0.05) is 27.2 Å². The third-order valence-corrected chi connectivity index (χ3v) is 6.69. The van der Waals surface area contributed by atoms with Crippen LogP contribution in [0.2, 0.25) is 0 Å². The Morgan fingerprint density at radius 1 is 1.00 bits per heavy atom. The predicted octanol–water partition coefficient (Wildman–Crippen LogP) is 3.75. The fourth-order valence-electron chi connectivity index (χ4n) is 6.07. The quantitative estimate of drug-likeness (QED) is 0.662. The Labute approximate surface area is 99.6 Å². The summed E-state index contributed by atoms with van der Waals surface area (Å²) in [5.74, 6) is 0.764. The molecule has 0 unspecified atom stereocenters. The minimum atomic E-state index is -0.406. The van der Waals surface area contributed by atoms with Crippen LogP contribution in [0.5, 0.6) is 0 Å². The Kier molecular flexibility index (Phi) is 1.86. The van der Waals surface area contributed by atoms with Gasteiger partial charge in [-0.3, -0.25) is 0 Å². The average Bonchev–Trinajstić information content (AvgIpc) is 2.36. The van der Waals surface area contributed by atoms with E-state index in [2.05, 4.69) is 27.7 Å². The van der Waals surface area contributed by atoms with Crippen LogP contribution in [0.4, 0.5) is 0 Å². The summed E-state index contributed by atoms with van der Waals surface area (Å²) in [7, 11) is 0. The van der Waals surface area contributed by atoms with Crippen LogP contribution < -0.4 is 0 Å². The van der Waals surface area contributed by atoms with E-state index in [1.807, 2.05) is 0 Å². The van der Waals surface area contributed by atoms with E-state index in [-0.39, 0.29) is 5.41 Å². The van der Waals surface area contributed by atoms with Gasteiger partial charge in [0.2, 0.25) is 0 Å². The summed E-state index contributed by atoms with van der Waals surface area (Å²) in [4.78, 5) is 0. The van der Waals surface area contributed by atoms with Crippen LogP contribution >= 0.6 is 0 Å². The topological polar surface area (TPSA) is 20.2 Å². The van der Waals surface area contributed by atoms with Gasteiger partial charge in [0.15, 0.2) is 0 Å². The largest absolute Gasteiger partial charge is 0.390 e. The van der Waals surface area contributed by atoms with E-state index in [9.17, 15) is 5.11 Å². The summed E-state index contributed by atoms with van der Waals surface area (Å²) in [6.45, 7) is 9.38. The second-order valence-electron chi connectivity index (χ2n) is 7.92. The smallest absolute Gasteiger partial charge is 0.0684 e. The first-order valence-corrected chi connectivity index (χ1v) is 6.98. The van der Waals surface area contributed by atoms with Crippen LogP contribution in [0.25, 0.3) is 0 Å². The van der Waals surface area contributed by atoms with Gasteiger partial charge in [-0.25, -0.2) is 0 Å². The van der Waals surface area contributed by atoms with Crippen LogP contribution in [0.3, 0.4) is 0 Å². The minimum Gasteiger partial charge on any atom is -0.390 e. The van der Waals surface area contributed by atoms with Gasteiger partial charge in [0.05, 0.1) is 5.60 Å². The van der Waals surface area contributed by atoms with Crippen molar-refractivity contribution in [2.75, 3.05) is 0 Å². The van der Waals surface area contributed by atoms with Crippen LogP contribution in [0.1, 0.15) is 66.2 Å². The van der Waals surface area contributed by atoms with Gasteiger partial charge in [-0.2, -0.15) is 0 Å². The first-order chi connectivity index (χ1) is 7.25. The van der Waals surface area contributed by atoms with Crippen molar-refractivity contribution in [1.82, 2.24) is 0 Å². The Morgan fingerprint density at radius 2 is 1.69 bits per heavy atom. The lowest BCUT2D eigenvalue weighted by Gasteiger charge is -2.70. The highest BCUT2D eigenvalue weighted by Gasteiger charge is 2.75. The number of aliphatic hydroxyl groups is 1. The lowest BCUT2D eigenvalue weighted by Crippen LogP contribution is -2.68. The standard InChI is InChI=1S/C15H26O/c1-12(2)10-15-11(12)6-9-13(15,3)7-5-8-14(15,4)16/h11,16H,5-10H2,1-4H3/t11-,13+,14+,15-/m0/s1. The molecule has 0 amide bonds. The summed E-state index contributed by atoms with van der Waals surface area (Å²) in [6, 6.07) is 0. The van der Waals surface area contributed by atoms with E-state index in [1.54, 1.807) is 0 Å². The second kappa shape index (κ2) is 2.68. The van der Waals surface area contributed by atoms with Crippen molar-refractivity contribution in [3.63, 3.8) is 0 Å². The lowest BCUT2D eigenvalue weighted by molar-refractivity contribution is -0.267. The molecule has 3 rings (SSSR count). The molecule has 1 spiro atoms. The Morgan fingerprint density at radius 3 is 2.31 bits per heavy atom. The lowest BCUT2D eigenvalue weighted by atomic mass is 9.35. The molecule has 0 heterocycles. The third-order valence-electron chi connectivity index (χ3n) is 6.69. The Bertz CT molecular complexity index is 330. The van der Waals surface area contributed by atoms with E-state index in [0.29, 0.717) is 10.8 Å². The Hall–Kier alpha value is -0.0400. The van der Waals surface area contributed by atoms with Gasteiger partial charge in [-0.15, -0.1) is 0 Å². The van der Waals surface area contributed by atoms with Gasteiger partial charge >= 0.3 is 0 Å². The zero-order valence-electron chi connectivity index (χ0n) is 11.3. The molecule has 4 atom stereocenters. The van der Waals surface area contributed by atoms with E-state index >= 15 is 0 Å². The van der Waals surface area contributed by atoms with Gasteiger partial charge in [0.25, 0.3) is 0 Å². The predicted molar refractivity (Wildman–Crippen MR) is 66.1 cm³/mol. The molecular formula is C15H26O. The minimum absolute atomic E-state index is 0.252. The first-order valence-electron chi connectivity index (χ1n) is 6.98. The van der Waals surface area contributed by atoms with Crippen molar-refractivity contribution in [1.29, 1.82) is 0 Å². The highest BCUT2D eigenvalue weighted by molar-refractivity contribution is 5.24. The maximum atomic E-state index is 10.9. The fraction of sp³-hybridized carbons (Fsp3) is 1.00. The molecule has 1 nitrogen and oxygen atoms in total. The highest BCUT2D eigenvalue weighted by atomic mass is 16.3. The molecule has 3 aliphatic carbocycles. The molecule has 1 N–H and O–H groups in total. The zero-order chi connectivity index (χ0) is 11.8. The third kappa shape index (κ3) is 0.939. The molecule has 0 aromatic carbocycles. The zero-order valence-corrected chi connectivity index (χ0v) is 11.3. The summed E-state index contributed by atoms with van der Waals surface area (Å²) in [6.07, 6.45) is 7.52. The molecule has 3 aliphatic rings. The molecule has 0 aromatic rings. The molecule has 16 heavy (non-hydrogen) atoms. The van der Waals surface area contributed by atoms with Gasteiger partial charge < -0.3 is 5.11 Å². The van der Waals surface area contributed by atoms with Crippen molar-refractivity contribution < 1.29 is 5.11 Å². The molecule has 0 bridgehead atoms. The van der Waals surface area contributed by atoms with E-state index in [1.165, 1.54) is 32.1 Å². The first kappa shape index (κ1) is 11.1. The maximum Gasteiger partial charge on any atom is 0.0684 e. The normalized spacial score (nSPS) is 58.7. The van der Waals surface area contributed by atoms with Gasteiger partial charge in [-0.05, 0) is 55.8 Å². The van der Waals surface area contributed by atoms with Crippen LogP contribution in [0, 0.1) is 22.2 Å². The van der Waals surface area contributed by atoms with Crippen molar-refractivity contribution >= 4 is 0 Å². The van der Waals surface area contributed by atoms with Crippen LogP contribution in [-0.2, 0) is 0 Å². The number of rotatable bonds is 0. The van der Waals surface area contributed by atoms with Gasteiger partial charge in [0.1, 0.15) is 0 Å². The van der Waals surface area contributed by atoms with E-state index in [0.717, 1.165) is 12.3 Å². The SMILES string of the molecule is CC1(C)C[C@]23[C@H]1CC[C@@]2(C)CCC[C@@]3(C)O. The second-order valence-corrected chi connectivity index (χ2v) is 7.92. The molecule has 92 valence electrons. The summed E-state index contributed by atoms with van der Waals surface area (Å²) in [5.41, 5.74) is 0.743. The summed E-state index contributed by atoms with van der Waals surface area (Å²) < 4.78 is 0. The fourth-order valence-corrected chi connectivity index (χ4v) is 6.07. The number of hydrogen-bond acceptors (Lipinski definition) is 1. The van der Waals surface area contributed by atoms with E-state index < -0.39 is 5.60 Å². The van der Waals surface area contributed by atoms with Gasteiger partial charge in [0, 0.05) is 5.41 Å². The monoisotopic (exact) mass is 222 g/mol. The molecule has 0 saturated heterocycles.